The Bertz CT molecular complexity index is 808. The van der Waals surface area contributed by atoms with Crippen LogP contribution in [0.3, 0.4) is 0 Å². The van der Waals surface area contributed by atoms with Crippen LogP contribution in [0.15, 0.2) is 84.2 Å². The molecule has 2 aromatic carbocycles. The van der Waals surface area contributed by atoms with Crippen molar-refractivity contribution in [3.05, 3.63) is 90.3 Å². The highest BCUT2D eigenvalue weighted by atomic mass is 16.2. The van der Waals surface area contributed by atoms with Crippen molar-refractivity contribution in [2.45, 2.75) is 12.8 Å². The van der Waals surface area contributed by atoms with E-state index >= 15 is 0 Å². The third kappa shape index (κ3) is 3.98. The molecule has 4 nitrogen and oxygen atoms in total. The van der Waals surface area contributed by atoms with E-state index in [4.69, 9.17) is 0 Å². The lowest BCUT2D eigenvalue weighted by molar-refractivity contribution is 0.0955. The topological polar surface area (TPSA) is 46.4 Å². The second kappa shape index (κ2) is 7.92. The Balaban J connectivity index is 1.59. The zero-order valence-corrected chi connectivity index (χ0v) is 13.3. The van der Waals surface area contributed by atoms with E-state index < -0.39 is 0 Å². The van der Waals surface area contributed by atoms with Crippen LogP contribution in [0, 0.1) is 0 Å². The number of hydrogen-bond acceptors (Lipinski definition) is 2. The first-order chi connectivity index (χ1) is 11.8. The van der Waals surface area contributed by atoms with Crippen molar-refractivity contribution < 1.29 is 4.79 Å². The molecule has 0 aliphatic rings. The summed E-state index contributed by atoms with van der Waals surface area (Å²) >= 11 is 0. The van der Waals surface area contributed by atoms with Crippen LogP contribution in [0.4, 0.5) is 0 Å². The molecular formula is C20H19N3O. The number of amides is 1. The van der Waals surface area contributed by atoms with Crippen molar-refractivity contribution in [2.24, 2.45) is 5.10 Å². The fraction of sp³-hybridized carbons (Fsp3) is 0.100. The Kier molecular flexibility index (Phi) is 5.20. The second-order valence-electron chi connectivity index (χ2n) is 5.38. The molecule has 1 heterocycles. The summed E-state index contributed by atoms with van der Waals surface area (Å²) in [6.07, 6.45) is 7.25. The van der Waals surface area contributed by atoms with Gasteiger partial charge in [-0.2, -0.15) is 5.10 Å². The fourth-order valence-electron chi connectivity index (χ4n) is 2.49. The number of nitrogens with zero attached hydrogens (tertiary/aromatic N) is 2. The molecule has 0 unspecified atom stereocenters. The molecule has 3 aromatic rings. The Labute approximate surface area is 141 Å². The van der Waals surface area contributed by atoms with Crippen LogP contribution in [-0.4, -0.2) is 16.7 Å². The van der Waals surface area contributed by atoms with Gasteiger partial charge in [-0.1, -0.05) is 42.5 Å². The second-order valence-corrected chi connectivity index (χ2v) is 5.38. The van der Waals surface area contributed by atoms with E-state index in [1.807, 2.05) is 65.5 Å². The first-order valence-electron chi connectivity index (χ1n) is 7.93. The predicted octanol–water partition coefficient (Wildman–Crippen LogP) is 3.83. The number of carbonyl (C=O) groups excluding carboxylic acids is 1. The van der Waals surface area contributed by atoms with E-state index in [2.05, 4.69) is 22.7 Å². The summed E-state index contributed by atoms with van der Waals surface area (Å²) in [6.45, 7) is 0. The van der Waals surface area contributed by atoms with Crippen LogP contribution in [0.5, 0.6) is 0 Å². The van der Waals surface area contributed by atoms with Crippen molar-refractivity contribution in [2.75, 3.05) is 0 Å². The molecule has 1 aromatic heterocycles. The minimum Gasteiger partial charge on any atom is -0.323 e. The first-order valence-corrected chi connectivity index (χ1v) is 7.93. The van der Waals surface area contributed by atoms with Gasteiger partial charge in [0.25, 0.3) is 5.91 Å². The van der Waals surface area contributed by atoms with Gasteiger partial charge in [0, 0.05) is 18.6 Å². The lowest BCUT2D eigenvalue weighted by Crippen LogP contribution is -2.19. The summed E-state index contributed by atoms with van der Waals surface area (Å²) in [6, 6.07) is 21.5. The quantitative estimate of drug-likeness (QED) is 0.545. The summed E-state index contributed by atoms with van der Waals surface area (Å²) in [5.41, 5.74) is 5.29. The molecule has 1 N–H and O–H groups in total. The van der Waals surface area contributed by atoms with Gasteiger partial charge >= 0.3 is 0 Å². The Morgan fingerprint density at radius 2 is 1.67 bits per heavy atom. The van der Waals surface area contributed by atoms with E-state index in [1.165, 1.54) is 5.56 Å². The van der Waals surface area contributed by atoms with Gasteiger partial charge in [-0.25, -0.2) is 5.43 Å². The summed E-state index contributed by atoms with van der Waals surface area (Å²) in [4.78, 5) is 12.4. The van der Waals surface area contributed by atoms with Gasteiger partial charge in [0.2, 0.25) is 0 Å². The summed E-state index contributed by atoms with van der Waals surface area (Å²) < 4.78 is 1.91. The highest BCUT2D eigenvalue weighted by Crippen LogP contribution is 2.14. The molecule has 4 heteroatoms. The van der Waals surface area contributed by atoms with Crippen LogP contribution >= 0.6 is 0 Å². The normalized spacial score (nSPS) is 10.8. The van der Waals surface area contributed by atoms with Crippen LogP contribution < -0.4 is 5.43 Å². The summed E-state index contributed by atoms with van der Waals surface area (Å²) in [7, 11) is 0. The van der Waals surface area contributed by atoms with E-state index in [0.717, 1.165) is 18.5 Å². The molecule has 0 spiro atoms. The third-order valence-electron chi connectivity index (χ3n) is 3.69. The van der Waals surface area contributed by atoms with Crippen LogP contribution in [0.25, 0.3) is 5.69 Å². The van der Waals surface area contributed by atoms with Gasteiger partial charge in [-0.3, -0.25) is 4.79 Å². The Hall–Kier alpha value is -3.14. The van der Waals surface area contributed by atoms with Crippen molar-refractivity contribution in [1.29, 1.82) is 0 Å². The highest BCUT2D eigenvalue weighted by Gasteiger charge is 2.10. The number of carbonyl (C=O) groups is 1. The predicted molar refractivity (Wildman–Crippen MR) is 96.5 cm³/mol. The monoisotopic (exact) mass is 317 g/mol. The molecule has 0 aliphatic carbocycles. The molecule has 0 saturated heterocycles. The summed E-state index contributed by atoms with van der Waals surface area (Å²) in [5, 5.41) is 4.05. The minimum atomic E-state index is -0.213. The molecule has 24 heavy (non-hydrogen) atoms. The molecule has 0 fully saturated rings. The van der Waals surface area contributed by atoms with Gasteiger partial charge in [0.05, 0.1) is 11.3 Å². The van der Waals surface area contributed by atoms with Gasteiger partial charge in [0.1, 0.15) is 0 Å². The van der Waals surface area contributed by atoms with E-state index in [0.29, 0.717) is 5.56 Å². The van der Waals surface area contributed by atoms with Gasteiger partial charge < -0.3 is 4.57 Å². The average molecular weight is 317 g/mol. The molecule has 120 valence electrons. The Morgan fingerprint density at radius 1 is 0.958 bits per heavy atom. The maximum absolute atomic E-state index is 12.4. The lowest BCUT2D eigenvalue weighted by atomic mass is 10.1. The lowest BCUT2D eigenvalue weighted by Gasteiger charge is -2.08. The Morgan fingerprint density at radius 3 is 2.46 bits per heavy atom. The number of para-hydroxylation sites is 1. The van der Waals surface area contributed by atoms with Crippen molar-refractivity contribution in [1.82, 2.24) is 9.99 Å². The van der Waals surface area contributed by atoms with E-state index in [9.17, 15) is 4.79 Å². The molecule has 0 atom stereocenters. The van der Waals surface area contributed by atoms with E-state index in [-0.39, 0.29) is 5.91 Å². The zero-order chi connectivity index (χ0) is 16.6. The number of hydrazone groups is 1. The molecule has 0 bridgehead atoms. The molecule has 0 aliphatic heterocycles. The maximum atomic E-state index is 12.4. The molecular weight excluding hydrogens is 298 g/mol. The van der Waals surface area contributed by atoms with Crippen molar-refractivity contribution >= 4 is 12.1 Å². The number of hydrogen-bond donors (Lipinski definition) is 1. The number of aromatic nitrogens is 1. The standard InChI is InChI=1S/C20H19N3O/c24-20(22-21-14-8-11-17-9-2-1-3-10-17)18-12-4-5-13-19(18)23-15-6-7-16-23/h1-7,9-10,12-16H,8,11H2,(H,22,24)/b21-14+. The SMILES string of the molecule is O=C(N/N=C/CCc1ccccc1)c1ccccc1-n1cccc1. The minimum absolute atomic E-state index is 0.213. The fourth-order valence-corrected chi connectivity index (χ4v) is 2.49. The average Bonchev–Trinajstić information content (AvgIpc) is 3.17. The molecule has 0 saturated carbocycles. The van der Waals surface area contributed by atoms with Crippen molar-refractivity contribution in [3.8, 4) is 5.69 Å². The molecule has 1 amide bonds. The highest BCUT2D eigenvalue weighted by molar-refractivity contribution is 5.97. The van der Waals surface area contributed by atoms with Gasteiger partial charge in [0.15, 0.2) is 0 Å². The molecule has 0 radical (unpaired) electrons. The zero-order valence-electron chi connectivity index (χ0n) is 13.3. The maximum Gasteiger partial charge on any atom is 0.273 e. The first kappa shape index (κ1) is 15.7. The van der Waals surface area contributed by atoms with Gasteiger partial charge in [-0.05, 0) is 42.7 Å². The summed E-state index contributed by atoms with van der Waals surface area (Å²) in [5.74, 6) is -0.213. The van der Waals surface area contributed by atoms with Crippen LogP contribution in [0.1, 0.15) is 22.3 Å². The number of rotatable bonds is 6. The third-order valence-corrected chi connectivity index (χ3v) is 3.69. The van der Waals surface area contributed by atoms with Gasteiger partial charge in [-0.15, -0.1) is 0 Å². The van der Waals surface area contributed by atoms with Crippen LogP contribution in [0.2, 0.25) is 0 Å². The molecule has 3 rings (SSSR count). The number of benzene rings is 2. The smallest absolute Gasteiger partial charge is 0.273 e. The van der Waals surface area contributed by atoms with Crippen LogP contribution in [-0.2, 0) is 6.42 Å². The van der Waals surface area contributed by atoms with Crippen molar-refractivity contribution in [3.63, 3.8) is 0 Å². The largest absolute Gasteiger partial charge is 0.323 e. The number of nitrogens with one attached hydrogen (secondary N) is 1. The van der Waals surface area contributed by atoms with E-state index in [1.54, 1.807) is 12.3 Å². The number of aryl methyl sites for hydroxylation is 1.